The highest BCUT2D eigenvalue weighted by molar-refractivity contribution is 7.66. The van der Waals surface area contributed by atoms with Crippen molar-refractivity contribution in [2.45, 2.75) is 20.8 Å². The second kappa shape index (κ2) is 5.34. The van der Waals surface area contributed by atoms with Gasteiger partial charge in [0.25, 0.3) is 7.37 Å². The third-order valence-corrected chi connectivity index (χ3v) is 5.29. The quantitative estimate of drug-likeness (QED) is 0.871. The Labute approximate surface area is 119 Å². The van der Waals surface area contributed by atoms with Gasteiger partial charge in [0.1, 0.15) is 11.5 Å². The Kier molecular flexibility index (Phi) is 3.92. The lowest BCUT2D eigenvalue weighted by Gasteiger charge is -2.19. The zero-order valence-corrected chi connectivity index (χ0v) is 13.1. The third-order valence-electron chi connectivity index (χ3n) is 3.51. The largest absolute Gasteiger partial charge is 0.507 e. The van der Waals surface area contributed by atoms with E-state index in [-0.39, 0.29) is 5.75 Å². The van der Waals surface area contributed by atoms with Crippen molar-refractivity contribution < 1.29 is 14.2 Å². The first-order chi connectivity index (χ1) is 9.33. The molecule has 0 aromatic heterocycles. The Bertz CT molecular complexity index is 678. The van der Waals surface area contributed by atoms with Gasteiger partial charge in [-0.25, -0.2) is 0 Å². The van der Waals surface area contributed by atoms with Gasteiger partial charge in [-0.2, -0.15) is 0 Å². The summed E-state index contributed by atoms with van der Waals surface area (Å²) < 4.78 is 18.5. The van der Waals surface area contributed by atoms with Gasteiger partial charge in [0.15, 0.2) is 0 Å². The molecule has 3 nitrogen and oxygen atoms in total. The van der Waals surface area contributed by atoms with E-state index in [0.29, 0.717) is 11.1 Å². The van der Waals surface area contributed by atoms with Crippen molar-refractivity contribution in [1.29, 1.82) is 0 Å². The number of rotatable bonds is 3. The maximum atomic E-state index is 12.8. The zero-order chi connectivity index (χ0) is 14.9. The van der Waals surface area contributed by atoms with E-state index in [1.54, 1.807) is 31.8 Å². The third kappa shape index (κ3) is 2.73. The maximum absolute atomic E-state index is 12.8. The van der Waals surface area contributed by atoms with E-state index in [1.807, 2.05) is 32.0 Å². The Hall–Kier alpha value is -1.73. The highest BCUT2D eigenvalue weighted by Crippen LogP contribution is 2.45. The average Bonchev–Trinajstić information content (AvgIpc) is 2.43. The number of phenols is 1. The minimum Gasteiger partial charge on any atom is -0.507 e. The minimum atomic E-state index is -2.93. The number of aryl methyl sites for hydroxylation is 1. The number of hydrogen-bond donors (Lipinski definition) is 1. The summed E-state index contributed by atoms with van der Waals surface area (Å²) in [4.78, 5) is 0. The molecule has 1 unspecified atom stereocenters. The molecule has 2 aromatic rings. The minimum absolute atomic E-state index is 0.264. The molecule has 106 valence electrons. The molecule has 0 saturated heterocycles. The van der Waals surface area contributed by atoms with Crippen LogP contribution in [0.25, 0.3) is 0 Å². The van der Waals surface area contributed by atoms with E-state index in [9.17, 15) is 9.67 Å². The first kappa shape index (κ1) is 14.7. The molecule has 0 aliphatic carbocycles. The molecule has 0 aliphatic heterocycles. The van der Waals surface area contributed by atoms with Gasteiger partial charge in [-0.05, 0) is 55.7 Å². The molecule has 0 heterocycles. The van der Waals surface area contributed by atoms with Gasteiger partial charge in [-0.3, -0.25) is 4.57 Å². The lowest BCUT2D eigenvalue weighted by atomic mass is 10.0. The summed E-state index contributed by atoms with van der Waals surface area (Å²) in [5.41, 5.74) is 2.29. The van der Waals surface area contributed by atoms with Gasteiger partial charge in [0.05, 0.1) is 0 Å². The number of phenolic OH excluding ortho intramolecular Hbond substituents is 1. The summed E-state index contributed by atoms with van der Waals surface area (Å²) in [6, 6.07) is 10.9. The highest BCUT2D eigenvalue weighted by Gasteiger charge is 2.22. The van der Waals surface area contributed by atoms with Crippen molar-refractivity contribution >= 4 is 12.7 Å². The number of hydrogen-bond acceptors (Lipinski definition) is 3. The first-order valence-electron chi connectivity index (χ1n) is 6.45. The molecule has 20 heavy (non-hydrogen) atoms. The normalized spacial score (nSPS) is 13.8. The molecule has 0 aliphatic rings. The van der Waals surface area contributed by atoms with Gasteiger partial charge >= 0.3 is 0 Å². The predicted molar refractivity (Wildman–Crippen MR) is 82.6 cm³/mol. The maximum Gasteiger partial charge on any atom is 0.274 e. The molecule has 0 radical (unpaired) electrons. The number of benzene rings is 2. The Morgan fingerprint density at radius 2 is 1.65 bits per heavy atom. The van der Waals surface area contributed by atoms with Crippen LogP contribution in [-0.4, -0.2) is 11.8 Å². The lowest BCUT2D eigenvalue weighted by molar-refractivity contribution is 0.461. The van der Waals surface area contributed by atoms with E-state index in [1.165, 1.54) is 0 Å². The second-order valence-corrected chi connectivity index (χ2v) is 7.45. The van der Waals surface area contributed by atoms with Crippen LogP contribution in [0.1, 0.15) is 16.7 Å². The molecule has 4 heteroatoms. The van der Waals surface area contributed by atoms with Crippen molar-refractivity contribution in [2.75, 3.05) is 6.66 Å². The molecular formula is C16H19O3P. The molecular weight excluding hydrogens is 271 g/mol. The summed E-state index contributed by atoms with van der Waals surface area (Å²) in [7, 11) is -2.93. The van der Waals surface area contributed by atoms with E-state index >= 15 is 0 Å². The monoisotopic (exact) mass is 290 g/mol. The average molecular weight is 290 g/mol. The fraction of sp³-hybridized carbons (Fsp3) is 0.250. The van der Waals surface area contributed by atoms with Crippen LogP contribution >= 0.6 is 7.37 Å². The molecule has 0 spiro atoms. The van der Waals surface area contributed by atoms with E-state index in [0.717, 1.165) is 16.7 Å². The zero-order valence-electron chi connectivity index (χ0n) is 12.2. The molecule has 0 saturated carbocycles. The summed E-state index contributed by atoms with van der Waals surface area (Å²) >= 11 is 0. The molecule has 1 N–H and O–H groups in total. The molecule has 2 aromatic carbocycles. The predicted octanol–water partition coefficient (Wildman–Crippen LogP) is 3.93. The summed E-state index contributed by atoms with van der Waals surface area (Å²) in [6.07, 6.45) is 0. The van der Waals surface area contributed by atoms with Crippen molar-refractivity contribution in [3.63, 3.8) is 0 Å². The topological polar surface area (TPSA) is 46.5 Å². The van der Waals surface area contributed by atoms with Crippen molar-refractivity contribution in [3.05, 3.63) is 53.1 Å². The van der Waals surface area contributed by atoms with Crippen LogP contribution in [0.2, 0.25) is 0 Å². The SMILES string of the molecule is Cc1cc(OP(C)(=O)c2ccccc2)c(C)c(C)c1O. The Balaban J connectivity index is 2.43. The van der Waals surface area contributed by atoms with Crippen LogP contribution in [0.3, 0.4) is 0 Å². The summed E-state index contributed by atoms with van der Waals surface area (Å²) in [6.45, 7) is 7.10. The first-order valence-corrected chi connectivity index (χ1v) is 8.52. The van der Waals surface area contributed by atoms with Gasteiger partial charge in [0, 0.05) is 12.0 Å². The van der Waals surface area contributed by atoms with E-state index in [4.69, 9.17) is 4.52 Å². The van der Waals surface area contributed by atoms with Crippen molar-refractivity contribution in [1.82, 2.24) is 0 Å². The Morgan fingerprint density at radius 1 is 1.05 bits per heavy atom. The van der Waals surface area contributed by atoms with Crippen LogP contribution in [0.5, 0.6) is 11.5 Å². The molecule has 1 atom stereocenters. The molecule has 0 fully saturated rings. The Morgan fingerprint density at radius 3 is 2.25 bits per heavy atom. The number of aromatic hydroxyl groups is 1. The van der Waals surface area contributed by atoms with E-state index in [2.05, 4.69) is 0 Å². The van der Waals surface area contributed by atoms with Crippen LogP contribution < -0.4 is 9.83 Å². The van der Waals surface area contributed by atoms with E-state index < -0.39 is 7.37 Å². The second-order valence-electron chi connectivity index (χ2n) is 5.06. The lowest BCUT2D eigenvalue weighted by Crippen LogP contribution is -2.09. The van der Waals surface area contributed by atoms with Gasteiger partial charge in [0.2, 0.25) is 0 Å². The summed E-state index contributed by atoms with van der Waals surface area (Å²) in [5, 5.41) is 10.6. The van der Waals surface area contributed by atoms with Crippen LogP contribution in [0, 0.1) is 20.8 Å². The van der Waals surface area contributed by atoms with Gasteiger partial charge in [-0.1, -0.05) is 18.2 Å². The van der Waals surface area contributed by atoms with Gasteiger partial charge in [-0.15, -0.1) is 0 Å². The van der Waals surface area contributed by atoms with Crippen molar-refractivity contribution in [2.24, 2.45) is 0 Å². The van der Waals surface area contributed by atoms with Crippen LogP contribution in [-0.2, 0) is 4.57 Å². The molecule has 2 rings (SSSR count). The van der Waals surface area contributed by atoms with Crippen molar-refractivity contribution in [3.8, 4) is 11.5 Å². The fourth-order valence-corrected chi connectivity index (χ4v) is 3.45. The molecule has 0 amide bonds. The molecule has 0 bridgehead atoms. The standard InChI is InChI=1S/C16H19O3P/c1-11-10-15(12(2)13(3)16(11)17)19-20(4,18)14-8-6-5-7-9-14/h5-10,17H,1-4H3. The van der Waals surface area contributed by atoms with Gasteiger partial charge < -0.3 is 9.63 Å². The fourth-order valence-electron chi connectivity index (χ4n) is 2.07. The van der Waals surface area contributed by atoms with Crippen LogP contribution in [0.4, 0.5) is 0 Å². The highest BCUT2D eigenvalue weighted by atomic mass is 31.2. The van der Waals surface area contributed by atoms with Crippen LogP contribution in [0.15, 0.2) is 36.4 Å². The smallest absolute Gasteiger partial charge is 0.274 e. The summed E-state index contributed by atoms with van der Waals surface area (Å²) in [5.74, 6) is 0.827.